The van der Waals surface area contributed by atoms with Gasteiger partial charge < -0.3 is 5.73 Å². The maximum absolute atomic E-state index is 5.76. The van der Waals surface area contributed by atoms with Crippen molar-refractivity contribution < 1.29 is 0 Å². The van der Waals surface area contributed by atoms with Crippen molar-refractivity contribution in [1.29, 1.82) is 0 Å². The second-order valence-electron chi connectivity index (χ2n) is 5.49. The van der Waals surface area contributed by atoms with Crippen LogP contribution in [0.3, 0.4) is 0 Å². The van der Waals surface area contributed by atoms with Crippen molar-refractivity contribution in [3.8, 4) is 0 Å². The number of anilines is 1. The van der Waals surface area contributed by atoms with Gasteiger partial charge in [0, 0.05) is 16.3 Å². The Labute approximate surface area is 121 Å². The van der Waals surface area contributed by atoms with Gasteiger partial charge in [-0.25, -0.2) is 4.98 Å². The van der Waals surface area contributed by atoms with Gasteiger partial charge >= 0.3 is 0 Å². The van der Waals surface area contributed by atoms with Crippen LogP contribution in [0.15, 0.2) is 28.7 Å². The molecule has 0 saturated heterocycles. The zero-order valence-electron chi connectivity index (χ0n) is 11.3. The van der Waals surface area contributed by atoms with Gasteiger partial charge in [0.2, 0.25) is 5.95 Å². The largest absolute Gasteiger partial charge is 0.368 e. The first kappa shape index (κ1) is 13.9. The molecule has 0 saturated carbocycles. The Hall–Kier alpha value is -1.49. The van der Waals surface area contributed by atoms with E-state index in [9.17, 15) is 0 Å². The molecule has 2 N–H and O–H groups in total. The van der Waals surface area contributed by atoms with Gasteiger partial charge in [0.1, 0.15) is 11.6 Å². The summed E-state index contributed by atoms with van der Waals surface area (Å²) in [5, 5.41) is 0. The molecule has 0 atom stereocenters. The third kappa shape index (κ3) is 3.73. The smallest absolute Gasteiger partial charge is 0.223 e. The molecule has 0 unspecified atom stereocenters. The van der Waals surface area contributed by atoms with Gasteiger partial charge in [-0.3, -0.25) is 0 Å². The second kappa shape index (κ2) is 5.25. The van der Waals surface area contributed by atoms with Crippen LogP contribution in [0.2, 0.25) is 0 Å². The number of halogens is 1. The fourth-order valence-electron chi connectivity index (χ4n) is 1.64. The Morgan fingerprint density at radius 1 is 1.05 bits per heavy atom. The van der Waals surface area contributed by atoms with Crippen LogP contribution in [0.1, 0.15) is 38.0 Å². The molecule has 19 heavy (non-hydrogen) atoms. The Balaban J connectivity index is 2.30. The van der Waals surface area contributed by atoms with E-state index in [0.717, 1.165) is 15.9 Å². The van der Waals surface area contributed by atoms with Crippen LogP contribution >= 0.6 is 15.9 Å². The van der Waals surface area contributed by atoms with E-state index >= 15 is 0 Å². The zero-order chi connectivity index (χ0) is 14.0. The predicted octanol–water partition coefficient (Wildman–Crippen LogP) is 3.10. The predicted molar refractivity (Wildman–Crippen MR) is 79.9 cm³/mol. The topological polar surface area (TPSA) is 64.7 Å². The third-order valence-corrected chi connectivity index (χ3v) is 3.17. The lowest BCUT2D eigenvalue weighted by atomic mass is 9.96. The number of benzene rings is 1. The molecular weight excluding hydrogens is 304 g/mol. The van der Waals surface area contributed by atoms with Crippen LogP contribution in [-0.4, -0.2) is 15.0 Å². The molecule has 0 amide bonds. The normalized spacial score (nSPS) is 11.6. The lowest BCUT2D eigenvalue weighted by Crippen LogP contribution is -2.19. The van der Waals surface area contributed by atoms with Crippen LogP contribution in [-0.2, 0) is 11.8 Å². The van der Waals surface area contributed by atoms with Gasteiger partial charge in [0.05, 0.1) is 0 Å². The summed E-state index contributed by atoms with van der Waals surface area (Å²) < 4.78 is 1.06. The van der Waals surface area contributed by atoms with Crippen LogP contribution in [0.4, 0.5) is 5.95 Å². The van der Waals surface area contributed by atoms with Crippen molar-refractivity contribution in [2.24, 2.45) is 0 Å². The van der Waals surface area contributed by atoms with Gasteiger partial charge in [-0.2, -0.15) is 9.97 Å². The standard InChI is InChI=1S/C14H17BrN4/c1-14(2,3)12-17-11(18-13(16)19-12)8-9-4-6-10(15)7-5-9/h4-7H,8H2,1-3H3,(H2,16,17,18,19). The molecule has 1 aromatic heterocycles. The summed E-state index contributed by atoms with van der Waals surface area (Å²) in [6.07, 6.45) is 0.656. The Kier molecular flexibility index (Phi) is 3.85. The quantitative estimate of drug-likeness (QED) is 0.923. The van der Waals surface area contributed by atoms with E-state index in [1.54, 1.807) is 0 Å². The minimum atomic E-state index is -0.133. The summed E-state index contributed by atoms with van der Waals surface area (Å²) in [6, 6.07) is 8.09. The minimum absolute atomic E-state index is 0.133. The van der Waals surface area contributed by atoms with Crippen molar-refractivity contribution in [2.75, 3.05) is 5.73 Å². The average Bonchev–Trinajstić information content (AvgIpc) is 2.30. The molecule has 1 heterocycles. The molecule has 1 aromatic carbocycles. The summed E-state index contributed by atoms with van der Waals surface area (Å²) in [6.45, 7) is 6.18. The summed E-state index contributed by atoms with van der Waals surface area (Å²) >= 11 is 3.42. The molecule has 2 aromatic rings. The molecule has 0 aliphatic carbocycles. The SMILES string of the molecule is CC(C)(C)c1nc(N)nc(Cc2ccc(Br)cc2)n1. The monoisotopic (exact) mass is 320 g/mol. The van der Waals surface area contributed by atoms with E-state index in [0.29, 0.717) is 12.2 Å². The highest BCUT2D eigenvalue weighted by molar-refractivity contribution is 9.10. The molecule has 0 bridgehead atoms. The highest BCUT2D eigenvalue weighted by atomic mass is 79.9. The van der Waals surface area contributed by atoms with Crippen molar-refractivity contribution in [3.63, 3.8) is 0 Å². The Bertz CT molecular complexity index is 573. The molecule has 0 aliphatic heterocycles. The number of nitrogen functional groups attached to an aromatic ring is 1. The van der Waals surface area contributed by atoms with Crippen molar-refractivity contribution in [1.82, 2.24) is 15.0 Å². The summed E-state index contributed by atoms with van der Waals surface area (Å²) in [5.74, 6) is 1.72. The highest BCUT2D eigenvalue weighted by Crippen LogP contribution is 2.19. The lowest BCUT2D eigenvalue weighted by Gasteiger charge is -2.17. The van der Waals surface area contributed by atoms with Crippen molar-refractivity contribution in [3.05, 3.63) is 46.0 Å². The summed E-state index contributed by atoms with van der Waals surface area (Å²) in [5.41, 5.74) is 6.78. The van der Waals surface area contributed by atoms with E-state index in [1.165, 1.54) is 0 Å². The van der Waals surface area contributed by atoms with Crippen LogP contribution < -0.4 is 5.73 Å². The first-order valence-corrected chi connectivity index (χ1v) is 6.89. The molecular formula is C14H17BrN4. The molecule has 2 rings (SSSR count). The molecule has 4 nitrogen and oxygen atoms in total. The van der Waals surface area contributed by atoms with E-state index < -0.39 is 0 Å². The molecule has 0 radical (unpaired) electrons. The second-order valence-corrected chi connectivity index (χ2v) is 6.40. The third-order valence-electron chi connectivity index (χ3n) is 2.65. The number of rotatable bonds is 2. The molecule has 0 aliphatic rings. The van der Waals surface area contributed by atoms with Gasteiger partial charge in [-0.15, -0.1) is 0 Å². The fraction of sp³-hybridized carbons (Fsp3) is 0.357. The zero-order valence-corrected chi connectivity index (χ0v) is 12.9. The minimum Gasteiger partial charge on any atom is -0.368 e. The van der Waals surface area contributed by atoms with E-state index in [4.69, 9.17) is 5.73 Å². The van der Waals surface area contributed by atoms with Crippen molar-refractivity contribution >= 4 is 21.9 Å². The van der Waals surface area contributed by atoms with E-state index in [2.05, 4.69) is 51.7 Å². The van der Waals surface area contributed by atoms with Crippen LogP contribution in [0, 0.1) is 0 Å². The number of nitrogens with two attached hydrogens (primary N) is 1. The van der Waals surface area contributed by atoms with E-state index in [-0.39, 0.29) is 11.4 Å². The number of hydrogen-bond donors (Lipinski definition) is 1. The van der Waals surface area contributed by atoms with Crippen molar-refractivity contribution in [2.45, 2.75) is 32.6 Å². The molecule has 5 heteroatoms. The average molecular weight is 321 g/mol. The van der Waals surface area contributed by atoms with E-state index in [1.807, 2.05) is 24.3 Å². The maximum atomic E-state index is 5.76. The molecule has 0 fully saturated rings. The van der Waals surface area contributed by atoms with Gasteiger partial charge in [-0.05, 0) is 17.7 Å². The maximum Gasteiger partial charge on any atom is 0.223 e. The molecule has 0 spiro atoms. The fourth-order valence-corrected chi connectivity index (χ4v) is 1.90. The Morgan fingerprint density at radius 2 is 1.68 bits per heavy atom. The first-order valence-electron chi connectivity index (χ1n) is 6.10. The lowest BCUT2D eigenvalue weighted by molar-refractivity contribution is 0.538. The Morgan fingerprint density at radius 3 is 2.26 bits per heavy atom. The first-order chi connectivity index (χ1) is 8.84. The number of nitrogens with zero attached hydrogens (tertiary/aromatic N) is 3. The van der Waals surface area contributed by atoms with Gasteiger partial charge in [-0.1, -0.05) is 48.8 Å². The number of hydrogen-bond acceptors (Lipinski definition) is 4. The number of aromatic nitrogens is 3. The van der Waals surface area contributed by atoms with Crippen LogP contribution in [0.5, 0.6) is 0 Å². The van der Waals surface area contributed by atoms with Gasteiger partial charge in [0.15, 0.2) is 0 Å². The summed E-state index contributed by atoms with van der Waals surface area (Å²) in [7, 11) is 0. The molecule has 100 valence electrons. The van der Waals surface area contributed by atoms with Crippen LogP contribution in [0.25, 0.3) is 0 Å². The summed E-state index contributed by atoms with van der Waals surface area (Å²) in [4.78, 5) is 12.9. The van der Waals surface area contributed by atoms with Gasteiger partial charge in [0.25, 0.3) is 0 Å². The highest BCUT2D eigenvalue weighted by Gasteiger charge is 2.19.